The van der Waals surface area contributed by atoms with Gasteiger partial charge in [0.1, 0.15) is 0 Å². The Kier molecular flexibility index (Phi) is 3.45. The summed E-state index contributed by atoms with van der Waals surface area (Å²) in [7, 11) is 0. The number of hydrogen-bond acceptors (Lipinski definition) is 2. The van der Waals surface area contributed by atoms with Crippen molar-refractivity contribution in [3.8, 4) is 0 Å². The molecular weight excluding hydrogens is 284 g/mol. The van der Waals surface area contributed by atoms with Gasteiger partial charge in [0.15, 0.2) is 0 Å². The molecule has 0 aliphatic heterocycles. The Morgan fingerprint density at radius 1 is 1.17 bits per heavy atom. The molecule has 3 fully saturated rings. The monoisotopic (exact) mass is 314 g/mol. The second-order valence-electron chi connectivity index (χ2n) is 8.76. The first kappa shape index (κ1) is 15.7. The van der Waals surface area contributed by atoms with Gasteiger partial charge >= 0.3 is 0 Å². The van der Waals surface area contributed by atoms with E-state index in [0.717, 1.165) is 37.7 Å². The quantitative estimate of drug-likeness (QED) is 0.718. The highest BCUT2D eigenvalue weighted by Crippen LogP contribution is 2.65. The molecule has 2 N–H and O–H groups in total. The van der Waals surface area contributed by atoms with E-state index in [1.54, 1.807) is 0 Å². The van der Waals surface area contributed by atoms with Crippen molar-refractivity contribution < 1.29 is 10.2 Å². The minimum absolute atomic E-state index is 0.0433. The van der Waals surface area contributed by atoms with E-state index < -0.39 is 6.10 Å². The number of aliphatic hydroxyl groups excluding tert-OH is 2. The van der Waals surface area contributed by atoms with Crippen LogP contribution in [0.2, 0.25) is 0 Å². The van der Waals surface area contributed by atoms with Gasteiger partial charge in [0.05, 0.1) is 12.2 Å². The fourth-order valence-electron chi connectivity index (χ4n) is 6.72. The van der Waals surface area contributed by atoms with Gasteiger partial charge < -0.3 is 10.2 Å². The fourth-order valence-corrected chi connectivity index (χ4v) is 6.72. The number of allylic oxidation sites excluding steroid dienone is 2. The summed E-state index contributed by atoms with van der Waals surface area (Å²) >= 11 is 0. The molecule has 0 heterocycles. The molecule has 3 saturated carbocycles. The highest BCUT2D eigenvalue weighted by Gasteiger charge is 2.59. The van der Waals surface area contributed by atoms with Crippen LogP contribution in [0, 0.1) is 28.6 Å². The lowest BCUT2D eigenvalue weighted by Crippen LogP contribution is -2.52. The highest BCUT2D eigenvalue weighted by molar-refractivity contribution is 5.39. The van der Waals surface area contributed by atoms with E-state index in [1.165, 1.54) is 18.4 Å². The van der Waals surface area contributed by atoms with Crippen LogP contribution in [0.1, 0.15) is 51.9 Å². The Balaban J connectivity index is 1.74. The van der Waals surface area contributed by atoms with Gasteiger partial charge in [-0.15, -0.1) is 6.58 Å². The zero-order chi connectivity index (χ0) is 16.4. The molecule has 4 aliphatic rings. The van der Waals surface area contributed by atoms with Crippen molar-refractivity contribution in [1.29, 1.82) is 0 Å². The predicted octanol–water partition coefficient (Wildman–Crippen LogP) is 4.00. The summed E-state index contributed by atoms with van der Waals surface area (Å²) in [5, 5.41) is 21.0. The lowest BCUT2D eigenvalue weighted by atomic mass is 9.46. The molecule has 0 bridgehead atoms. The van der Waals surface area contributed by atoms with Gasteiger partial charge in [-0.2, -0.15) is 0 Å². The van der Waals surface area contributed by atoms with Gasteiger partial charge in [-0.1, -0.05) is 31.2 Å². The van der Waals surface area contributed by atoms with E-state index in [4.69, 9.17) is 0 Å². The lowest BCUT2D eigenvalue weighted by Gasteiger charge is -2.58. The van der Waals surface area contributed by atoms with Gasteiger partial charge in [0, 0.05) is 5.41 Å². The van der Waals surface area contributed by atoms with Crippen molar-refractivity contribution in [3.05, 3.63) is 36.5 Å². The lowest BCUT2D eigenvalue weighted by molar-refractivity contribution is -0.0716. The van der Waals surface area contributed by atoms with Gasteiger partial charge in [0.25, 0.3) is 0 Å². The van der Waals surface area contributed by atoms with Crippen LogP contribution < -0.4 is 0 Å². The summed E-state index contributed by atoms with van der Waals surface area (Å²) in [6, 6.07) is 0. The number of hydrogen-bond donors (Lipinski definition) is 2. The molecule has 0 unspecified atom stereocenters. The van der Waals surface area contributed by atoms with E-state index in [-0.39, 0.29) is 16.9 Å². The first-order valence-electron chi connectivity index (χ1n) is 9.32. The van der Waals surface area contributed by atoms with Crippen LogP contribution in [0.25, 0.3) is 0 Å². The zero-order valence-electron chi connectivity index (χ0n) is 14.3. The molecular formula is C21H30O2. The second kappa shape index (κ2) is 5.07. The van der Waals surface area contributed by atoms with Crippen LogP contribution in [-0.4, -0.2) is 22.4 Å². The maximum absolute atomic E-state index is 10.5. The Morgan fingerprint density at radius 2 is 1.96 bits per heavy atom. The smallest absolute Gasteiger partial charge is 0.0795 e. The SMILES string of the molecule is C=C[C@]12C[C@H](O)C(=C)C=C1CC[C@H]1[C@@H]3CC[C@H](O)[C@@]3(C)CC[C@@H]12. The van der Waals surface area contributed by atoms with Crippen molar-refractivity contribution in [2.75, 3.05) is 0 Å². The summed E-state index contributed by atoms with van der Waals surface area (Å²) in [4.78, 5) is 0. The fraction of sp³-hybridized carbons (Fsp3) is 0.714. The Labute approximate surface area is 140 Å². The maximum Gasteiger partial charge on any atom is 0.0795 e. The number of aliphatic hydroxyl groups is 2. The molecule has 126 valence electrons. The van der Waals surface area contributed by atoms with Crippen LogP contribution in [0.5, 0.6) is 0 Å². The third-order valence-corrected chi connectivity index (χ3v) is 8.08. The molecule has 23 heavy (non-hydrogen) atoms. The molecule has 2 heteroatoms. The largest absolute Gasteiger partial charge is 0.393 e. The van der Waals surface area contributed by atoms with Crippen LogP contribution in [-0.2, 0) is 0 Å². The summed E-state index contributed by atoms with van der Waals surface area (Å²) in [5.41, 5.74) is 2.39. The van der Waals surface area contributed by atoms with E-state index in [0.29, 0.717) is 17.8 Å². The molecule has 0 spiro atoms. The van der Waals surface area contributed by atoms with Crippen LogP contribution in [0.4, 0.5) is 0 Å². The molecule has 2 nitrogen and oxygen atoms in total. The average molecular weight is 314 g/mol. The van der Waals surface area contributed by atoms with Crippen molar-refractivity contribution in [2.24, 2.45) is 28.6 Å². The average Bonchev–Trinajstić information content (AvgIpc) is 2.84. The van der Waals surface area contributed by atoms with Crippen LogP contribution in [0.15, 0.2) is 36.5 Å². The maximum atomic E-state index is 10.5. The van der Waals surface area contributed by atoms with Crippen LogP contribution >= 0.6 is 0 Å². The predicted molar refractivity (Wildman–Crippen MR) is 92.8 cm³/mol. The molecule has 0 aromatic carbocycles. The highest BCUT2D eigenvalue weighted by atomic mass is 16.3. The van der Waals surface area contributed by atoms with Crippen molar-refractivity contribution in [2.45, 2.75) is 64.1 Å². The molecule has 0 aromatic heterocycles. The standard InChI is InChI=1S/C21H30O2/c1-4-21-12-18(22)13(2)11-14(21)5-6-15-16-7-8-19(23)20(16,3)10-9-17(15)21/h4,11,15-19,22-23H,1-2,5-10,12H2,3H3/t15-,16-,17-,18-,19-,20-,21-/m0/s1. The number of rotatable bonds is 1. The topological polar surface area (TPSA) is 40.5 Å². The van der Waals surface area contributed by atoms with E-state index >= 15 is 0 Å². The normalized spacial score (nSPS) is 52.2. The molecule has 0 aromatic rings. The van der Waals surface area contributed by atoms with Crippen LogP contribution in [0.3, 0.4) is 0 Å². The van der Waals surface area contributed by atoms with Gasteiger partial charge in [0.2, 0.25) is 0 Å². The molecule has 0 saturated heterocycles. The summed E-state index contributed by atoms with van der Waals surface area (Å²) in [6.45, 7) is 10.5. The minimum atomic E-state index is -0.432. The first-order chi connectivity index (χ1) is 10.9. The van der Waals surface area contributed by atoms with Gasteiger partial charge in [-0.3, -0.25) is 0 Å². The Morgan fingerprint density at radius 3 is 2.70 bits per heavy atom. The Bertz CT molecular complexity index is 576. The summed E-state index contributed by atoms with van der Waals surface area (Å²) in [6.07, 6.45) is 11.2. The van der Waals surface area contributed by atoms with Gasteiger partial charge in [-0.25, -0.2) is 0 Å². The molecule has 4 aliphatic carbocycles. The van der Waals surface area contributed by atoms with E-state index in [9.17, 15) is 10.2 Å². The summed E-state index contributed by atoms with van der Waals surface area (Å²) < 4.78 is 0. The third-order valence-electron chi connectivity index (χ3n) is 8.08. The molecule has 7 atom stereocenters. The number of fused-ring (bicyclic) bond motifs is 5. The minimum Gasteiger partial charge on any atom is -0.393 e. The molecule has 4 rings (SSSR count). The first-order valence-corrected chi connectivity index (χ1v) is 9.32. The zero-order valence-corrected chi connectivity index (χ0v) is 14.3. The second-order valence-corrected chi connectivity index (χ2v) is 8.76. The Hall–Kier alpha value is -0.860. The molecule has 0 radical (unpaired) electrons. The van der Waals surface area contributed by atoms with Crippen molar-refractivity contribution in [1.82, 2.24) is 0 Å². The van der Waals surface area contributed by atoms with E-state index in [1.807, 2.05) is 0 Å². The van der Waals surface area contributed by atoms with Gasteiger partial charge in [-0.05, 0) is 73.7 Å². The third kappa shape index (κ3) is 1.94. The van der Waals surface area contributed by atoms with Crippen molar-refractivity contribution >= 4 is 0 Å². The molecule has 0 amide bonds. The van der Waals surface area contributed by atoms with Crippen molar-refractivity contribution in [3.63, 3.8) is 0 Å². The van der Waals surface area contributed by atoms with E-state index in [2.05, 4.69) is 32.2 Å². The summed E-state index contributed by atoms with van der Waals surface area (Å²) in [5.74, 6) is 1.88.